The number of para-hydroxylation sites is 2. The van der Waals surface area contributed by atoms with Gasteiger partial charge in [-0.25, -0.2) is 13.4 Å². The molecule has 204 valence electrons. The molecule has 3 heterocycles. The average Bonchev–Trinajstić information content (AvgIpc) is 3.30. The lowest BCUT2D eigenvalue weighted by molar-refractivity contribution is -0.134. The summed E-state index contributed by atoms with van der Waals surface area (Å²) >= 11 is 7.43. The highest BCUT2D eigenvalue weighted by molar-refractivity contribution is 7.89. The van der Waals surface area contributed by atoms with Gasteiger partial charge >= 0.3 is 0 Å². The minimum Gasteiger partial charge on any atom is -0.383 e. The van der Waals surface area contributed by atoms with E-state index < -0.39 is 16.1 Å². The van der Waals surface area contributed by atoms with Crippen molar-refractivity contribution in [2.24, 2.45) is 11.3 Å². The minimum atomic E-state index is -3.99. The third kappa shape index (κ3) is 6.01. The van der Waals surface area contributed by atoms with E-state index in [1.807, 2.05) is 30.3 Å². The van der Waals surface area contributed by atoms with Gasteiger partial charge in [0.1, 0.15) is 10.9 Å². The third-order valence-electron chi connectivity index (χ3n) is 7.57. The van der Waals surface area contributed by atoms with Gasteiger partial charge in [0.15, 0.2) is 0 Å². The molecule has 0 radical (unpaired) electrons. The predicted octanol–water partition coefficient (Wildman–Crippen LogP) is 5.05. The second-order valence-electron chi connectivity index (χ2n) is 11.2. The Bertz CT molecular complexity index is 1380. The van der Waals surface area contributed by atoms with Gasteiger partial charge in [0.2, 0.25) is 15.9 Å². The summed E-state index contributed by atoms with van der Waals surface area (Å²) in [4.78, 5) is 20.5. The molecule has 5 rings (SSSR count). The molecule has 2 aliphatic heterocycles. The fourth-order valence-corrected chi connectivity index (χ4v) is 8.22. The number of nitrogens with zero attached hydrogens (tertiary/aromatic N) is 2. The molecule has 10 heteroatoms. The number of carbonyl (C=O) groups excluding carboxylic acids is 1. The predicted molar refractivity (Wildman–Crippen MR) is 154 cm³/mol. The Morgan fingerprint density at radius 3 is 2.71 bits per heavy atom. The number of carbonyl (C=O) groups is 1. The molecule has 0 saturated carbocycles. The van der Waals surface area contributed by atoms with E-state index in [0.29, 0.717) is 37.1 Å². The van der Waals surface area contributed by atoms with Crippen molar-refractivity contribution in [1.29, 1.82) is 0 Å². The van der Waals surface area contributed by atoms with Crippen LogP contribution in [0.2, 0.25) is 0 Å². The highest BCUT2D eigenvalue weighted by atomic mass is 35.5. The van der Waals surface area contributed by atoms with E-state index in [4.69, 9.17) is 16.6 Å². The molecule has 2 N–H and O–H groups in total. The van der Waals surface area contributed by atoms with E-state index in [2.05, 4.69) is 23.9 Å². The maximum absolute atomic E-state index is 13.8. The summed E-state index contributed by atoms with van der Waals surface area (Å²) < 4.78 is 31.4. The summed E-state index contributed by atoms with van der Waals surface area (Å²) in [6.45, 7) is 6.21. The Morgan fingerprint density at radius 2 is 1.97 bits per heavy atom. The van der Waals surface area contributed by atoms with Crippen molar-refractivity contribution in [3.63, 3.8) is 0 Å². The molecule has 1 aromatic heterocycles. The number of piperidine rings is 1. The summed E-state index contributed by atoms with van der Waals surface area (Å²) in [6.07, 6.45) is 3.68. The average molecular weight is 575 g/mol. The molecule has 0 spiro atoms. The van der Waals surface area contributed by atoms with Crippen LogP contribution < -0.4 is 10.0 Å². The van der Waals surface area contributed by atoms with Crippen molar-refractivity contribution in [1.82, 2.24) is 14.6 Å². The van der Waals surface area contributed by atoms with Crippen LogP contribution in [-0.4, -0.2) is 55.8 Å². The van der Waals surface area contributed by atoms with Gasteiger partial charge in [0.05, 0.1) is 20.9 Å². The first kappa shape index (κ1) is 27.4. The van der Waals surface area contributed by atoms with E-state index in [0.717, 1.165) is 46.5 Å². The normalized spacial score (nSPS) is 18.7. The maximum Gasteiger partial charge on any atom is 0.243 e. The fraction of sp³-hybridized carbons (Fsp3) is 0.500. The number of sulfonamides is 1. The highest BCUT2D eigenvalue weighted by Gasteiger charge is 2.35. The van der Waals surface area contributed by atoms with Gasteiger partial charge in [0, 0.05) is 31.9 Å². The van der Waals surface area contributed by atoms with Gasteiger partial charge in [-0.2, -0.15) is 4.72 Å². The van der Waals surface area contributed by atoms with Crippen LogP contribution in [0.5, 0.6) is 0 Å². The third-order valence-corrected chi connectivity index (χ3v) is 10.4. The molecular weight excluding hydrogens is 540 g/mol. The highest BCUT2D eigenvalue weighted by Crippen LogP contribution is 2.36. The lowest BCUT2D eigenvalue weighted by Crippen LogP contribution is -2.51. The molecule has 3 aromatic rings. The van der Waals surface area contributed by atoms with Gasteiger partial charge in [-0.1, -0.05) is 38.1 Å². The molecule has 1 atom stereocenters. The first-order valence-corrected chi connectivity index (χ1v) is 16.1. The molecule has 1 saturated heterocycles. The molecular formula is C28H35ClN4O3S2. The molecule has 2 aromatic carbocycles. The van der Waals surface area contributed by atoms with Crippen molar-refractivity contribution < 1.29 is 13.2 Å². The fourth-order valence-electron chi connectivity index (χ4n) is 5.48. The summed E-state index contributed by atoms with van der Waals surface area (Å²) in [5, 5.41) is 4.08. The van der Waals surface area contributed by atoms with Gasteiger partial charge in [-0.3, -0.25) is 4.79 Å². The van der Waals surface area contributed by atoms with E-state index in [9.17, 15) is 13.2 Å². The number of amides is 1. The van der Waals surface area contributed by atoms with Crippen LogP contribution in [0.15, 0.2) is 47.4 Å². The Hall–Kier alpha value is -2.20. The number of rotatable bonds is 8. The molecule has 7 nitrogen and oxygen atoms in total. The number of hydrogen-bond donors (Lipinski definition) is 2. The SMILES string of the molecule is CC1(C)CNc2c(cccc2S(=O)(=O)N[C@@H](Cc2nc3ccccc3s2)C(=O)N2CCC(CCCl)CC2)C1. The Labute approximate surface area is 234 Å². The molecule has 1 amide bonds. The number of thiazole rings is 1. The molecule has 2 aliphatic rings. The number of fused-ring (bicyclic) bond motifs is 2. The van der Waals surface area contributed by atoms with Crippen LogP contribution >= 0.6 is 22.9 Å². The number of aromatic nitrogens is 1. The van der Waals surface area contributed by atoms with E-state index in [-0.39, 0.29) is 22.6 Å². The summed E-state index contributed by atoms with van der Waals surface area (Å²) in [6, 6.07) is 12.2. The van der Waals surface area contributed by atoms with Crippen LogP contribution in [0.3, 0.4) is 0 Å². The second kappa shape index (κ2) is 11.1. The smallest absolute Gasteiger partial charge is 0.243 e. The van der Waals surface area contributed by atoms with Crippen LogP contribution in [0.25, 0.3) is 10.2 Å². The van der Waals surface area contributed by atoms with Gasteiger partial charge in [0.25, 0.3) is 0 Å². The van der Waals surface area contributed by atoms with Crippen LogP contribution in [0, 0.1) is 11.3 Å². The van der Waals surface area contributed by atoms with Crippen molar-refractivity contribution in [2.75, 3.05) is 30.8 Å². The first-order valence-electron chi connectivity index (χ1n) is 13.2. The lowest BCUT2D eigenvalue weighted by Gasteiger charge is -2.35. The zero-order valence-electron chi connectivity index (χ0n) is 21.9. The summed E-state index contributed by atoms with van der Waals surface area (Å²) in [5.74, 6) is 0.920. The number of anilines is 1. The molecule has 0 aliphatic carbocycles. The first-order chi connectivity index (χ1) is 18.1. The van der Waals surface area contributed by atoms with Crippen molar-refractivity contribution in [3.8, 4) is 0 Å². The van der Waals surface area contributed by atoms with Gasteiger partial charge in [-0.05, 0) is 60.8 Å². The number of hydrogen-bond acceptors (Lipinski definition) is 6. The number of alkyl halides is 1. The lowest BCUT2D eigenvalue weighted by atomic mass is 9.82. The number of halogens is 1. The van der Waals surface area contributed by atoms with Crippen molar-refractivity contribution >= 4 is 54.8 Å². The quantitative estimate of drug-likeness (QED) is 0.368. The van der Waals surface area contributed by atoms with Crippen LogP contribution in [-0.2, 0) is 27.7 Å². The molecule has 0 bridgehead atoms. The number of nitrogens with one attached hydrogen (secondary N) is 2. The molecule has 1 fully saturated rings. The van der Waals surface area contributed by atoms with Crippen molar-refractivity contribution in [3.05, 3.63) is 53.0 Å². The standard InChI is InChI=1S/C28H35ClN4O3S2/c1-28(2)17-20-6-5-9-24(26(20)30-18-28)38(35,36)32-22(16-25-31-21-7-3-4-8-23(21)37-25)27(34)33-14-11-19(10-13-29)12-15-33/h3-9,19,22,30,32H,10-18H2,1-2H3/t22-/m0/s1. The monoisotopic (exact) mass is 574 g/mol. The van der Waals surface area contributed by atoms with E-state index in [1.54, 1.807) is 17.0 Å². The van der Waals surface area contributed by atoms with Crippen LogP contribution in [0.1, 0.15) is 43.7 Å². The molecule has 0 unspecified atom stereocenters. The van der Waals surface area contributed by atoms with Crippen LogP contribution in [0.4, 0.5) is 5.69 Å². The molecule has 38 heavy (non-hydrogen) atoms. The minimum absolute atomic E-state index is 0.0315. The topological polar surface area (TPSA) is 91.4 Å². The summed E-state index contributed by atoms with van der Waals surface area (Å²) in [7, 11) is -3.99. The summed E-state index contributed by atoms with van der Waals surface area (Å²) in [5.41, 5.74) is 2.49. The van der Waals surface area contributed by atoms with E-state index >= 15 is 0 Å². The Kier molecular flexibility index (Phi) is 8.01. The van der Waals surface area contributed by atoms with E-state index in [1.165, 1.54) is 11.3 Å². The maximum atomic E-state index is 13.8. The largest absolute Gasteiger partial charge is 0.383 e. The Balaban J connectivity index is 1.42. The zero-order valence-corrected chi connectivity index (χ0v) is 24.3. The second-order valence-corrected chi connectivity index (χ2v) is 14.4. The van der Waals surface area contributed by atoms with Gasteiger partial charge < -0.3 is 10.2 Å². The Morgan fingerprint density at radius 1 is 1.21 bits per heavy atom. The van der Waals surface area contributed by atoms with Gasteiger partial charge in [-0.15, -0.1) is 22.9 Å². The zero-order chi connectivity index (χ0) is 26.9. The number of benzene rings is 2. The van der Waals surface area contributed by atoms with Crippen molar-refractivity contribution in [2.45, 2.75) is 56.9 Å². The number of likely N-dealkylation sites (tertiary alicyclic amines) is 1.